The molecule has 0 bridgehead atoms. The molecule has 0 saturated heterocycles. The van der Waals surface area contributed by atoms with Crippen LogP contribution in [0.5, 0.6) is 0 Å². The Hall–Kier alpha value is -1.34. The highest BCUT2D eigenvalue weighted by Gasteiger charge is 2.13. The van der Waals surface area contributed by atoms with E-state index in [2.05, 4.69) is 5.32 Å². The van der Waals surface area contributed by atoms with E-state index in [1.54, 1.807) is 11.8 Å². The fourth-order valence-electron chi connectivity index (χ4n) is 1.51. The third-order valence-electron chi connectivity index (χ3n) is 2.37. The second-order valence-electron chi connectivity index (χ2n) is 3.73. The van der Waals surface area contributed by atoms with E-state index in [1.807, 2.05) is 6.26 Å². The summed E-state index contributed by atoms with van der Waals surface area (Å²) in [5.74, 6) is 0.0602. The number of thioether (sulfide) groups is 1. The number of hydrogen-bond acceptors (Lipinski definition) is 5. The van der Waals surface area contributed by atoms with Gasteiger partial charge in [0.25, 0.3) is 5.69 Å². The van der Waals surface area contributed by atoms with Crippen molar-refractivity contribution in [2.45, 2.75) is 12.5 Å². The first-order chi connectivity index (χ1) is 8.58. The number of nitrogens with one attached hydrogen (secondary N) is 1. The molecule has 0 amide bonds. The number of nitro groups is 1. The molecule has 1 rings (SSSR count). The number of nitro benzene ring substituents is 1. The topological polar surface area (TPSA) is 75.4 Å². The molecule has 0 aliphatic carbocycles. The van der Waals surface area contributed by atoms with E-state index in [0.717, 1.165) is 11.8 Å². The normalized spacial score (nSPS) is 12.2. The number of benzene rings is 1. The van der Waals surface area contributed by atoms with Gasteiger partial charge in [-0.1, -0.05) is 0 Å². The lowest BCUT2D eigenvalue weighted by Crippen LogP contribution is -2.24. The van der Waals surface area contributed by atoms with Gasteiger partial charge in [-0.2, -0.15) is 11.8 Å². The quantitative estimate of drug-likeness (QED) is 0.589. The van der Waals surface area contributed by atoms with Crippen LogP contribution in [-0.4, -0.2) is 34.7 Å². The maximum atomic E-state index is 13.6. The molecule has 100 valence electrons. The van der Waals surface area contributed by atoms with E-state index in [0.29, 0.717) is 6.42 Å². The summed E-state index contributed by atoms with van der Waals surface area (Å²) in [5.41, 5.74) is -0.0604. The zero-order valence-corrected chi connectivity index (χ0v) is 10.7. The van der Waals surface area contributed by atoms with Gasteiger partial charge in [0.2, 0.25) is 0 Å². The van der Waals surface area contributed by atoms with Crippen molar-refractivity contribution in [3.8, 4) is 0 Å². The Bertz CT molecular complexity index is 411. The zero-order valence-electron chi connectivity index (χ0n) is 9.93. The maximum absolute atomic E-state index is 13.6. The molecule has 2 N–H and O–H groups in total. The Morgan fingerprint density at radius 3 is 2.83 bits per heavy atom. The molecule has 0 spiro atoms. The van der Waals surface area contributed by atoms with Crippen LogP contribution in [0.4, 0.5) is 15.8 Å². The lowest BCUT2D eigenvalue weighted by Gasteiger charge is -2.18. The number of rotatable bonds is 7. The first kappa shape index (κ1) is 14.7. The van der Waals surface area contributed by atoms with Crippen molar-refractivity contribution in [1.82, 2.24) is 0 Å². The number of non-ortho nitro benzene ring substituents is 1. The fraction of sp³-hybridized carbons (Fsp3) is 0.455. The van der Waals surface area contributed by atoms with Crippen molar-refractivity contribution >= 4 is 23.1 Å². The lowest BCUT2D eigenvalue weighted by atomic mass is 10.2. The van der Waals surface area contributed by atoms with Crippen molar-refractivity contribution in [3.63, 3.8) is 0 Å². The molecule has 0 aliphatic rings. The van der Waals surface area contributed by atoms with Gasteiger partial charge in [0.15, 0.2) is 5.82 Å². The van der Waals surface area contributed by atoms with Crippen molar-refractivity contribution in [2.75, 3.05) is 23.9 Å². The molecule has 0 saturated carbocycles. The highest BCUT2D eigenvalue weighted by molar-refractivity contribution is 7.98. The molecule has 0 fully saturated rings. The molecule has 1 aromatic rings. The smallest absolute Gasteiger partial charge is 0.272 e. The van der Waals surface area contributed by atoms with Gasteiger partial charge in [-0.3, -0.25) is 10.1 Å². The van der Waals surface area contributed by atoms with Gasteiger partial charge in [-0.05, 0) is 18.7 Å². The predicted molar refractivity (Wildman–Crippen MR) is 70.5 cm³/mol. The highest BCUT2D eigenvalue weighted by Crippen LogP contribution is 2.22. The summed E-state index contributed by atoms with van der Waals surface area (Å²) in [7, 11) is 0. The fourth-order valence-corrected chi connectivity index (χ4v) is 2.16. The number of anilines is 1. The van der Waals surface area contributed by atoms with Crippen LogP contribution in [0.3, 0.4) is 0 Å². The van der Waals surface area contributed by atoms with E-state index >= 15 is 0 Å². The minimum Gasteiger partial charge on any atom is -0.396 e. The van der Waals surface area contributed by atoms with E-state index in [9.17, 15) is 14.5 Å². The third kappa shape index (κ3) is 4.15. The minimum atomic E-state index is -0.659. The summed E-state index contributed by atoms with van der Waals surface area (Å²) in [6.07, 6.45) is 2.41. The van der Waals surface area contributed by atoms with Crippen LogP contribution in [0, 0.1) is 15.9 Å². The van der Waals surface area contributed by atoms with E-state index in [1.165, 1.54) is 12.1 Å². The van der Waals surface area contributed by atoms with Crippen molar-refractivity contribution in [1.29, 1.82) is 0 Å². The van der Waals surface area contributed by atoms with Gasteiger partial charge in [-0.15, -0.1) is 0 Å². The van der Waals surface area contributed by atoms with Gasteiger partial charge in [0.05, 0.1) is 16.7 Å². The molecule has 1 aromatic carbocycles. The predicted octanol–water partition coefficient (Wildman–Crippen LogP) is 2.26. The van der Waals surface area contributed by atoms with Gasteiger partial charge in [0.1, 0.15) is 0 Å². The molecule has 1 unspecified atom stereocenters. The van der Waals surface area contributed by atoms with Crippen LogP contribution in [0.1, 0.15) is 6.42 Å². The lowest BCUT2D eigenvalue weighted by molar-refractivity contribution is -0.385. The number of nitrogens with zero attached hydrogens (tertiary/aromatic N) is 1. The SMILES string of the molecule is CSCC(CCO)Nc1ccc([N+](=O)[O-])cc1F. The van der Waals surface area contributed by atoms with Crippen LogP contribution in [0.15, 0.2) is 18.2 Å². The Morgan fingerprint density at radius 2 is 2.33 bits per heavy atom. The van der Waals surface area contributed by atoms with Crippen LogP contribution >= 0.6 is 11.8 Å². The summed E-state index contributed by atoms with van der Waals surface area (Å²) < 4.78 is 13.6. The summed E-state index contributed by atoms with van der Waals surface area (Å²) in [5, 5.41) is 22.3. The minimum absolute atomic E-state index is 0.00677. The van der Waals surface area contributed by atoms with Gasteiger partial charge in [0, 0.05) is 24.5 Å². The second kappa shape index (κ2) is 7.17. The van der Waals surface area contributed by atoms with Crippen molar-refractivity contribution < 1.29 is 14.4 Å². The number of aliphatic hydroxyl groups is 1. The van der Waals surface area contributed by atoms with Crippen LogP contribution in [0.2, 0.25) is 0 Å². The highest BCUT2D eigenvalue weighted by atomic mass is 32.2. The largest absolute Gasteiger partial charge is 0.396 e. The zero-order chi connectivity index (χ0) is 13.5. The Labute approximate surface area is 109 Å². The summed E-state index contributed by atoms with van der Waals surface area (Å²) in [6, 6.07) is 3.41. The van der Waals surface area contributed by atoms with E-state index in [-0.39, 0.29) is 24.0 Å². The van der Waals surface area contributed by atoms with Gasteiger partial charge < -0.3 is 10.4 Å². The Morgan fingerprint density at radius 1 is 1.61 bits per heavy atom. The molecule has 1 atom stereocenters. The standard InChI is InChI=1S/C11H15FN2O3S/c1-18-7-8(4-5-15)13-11-3-2-9(14(16)17)6-10(11)12/h2-3,6,8,13,15H,4-5,7H2,1H3. The molecule has 18 heavy (non-hydrogen) atoms. The third-order valence-corrected chi connectivity index (χ3v) is 3.10. The summed E-state index contributed by atoms with van der Waals surface area (Å²) in [6.45, 7) is 0.00677. The van der Waals surface area contributed by atoms with Crippen LogP contribution < -0.4 is 5.32 Å². The average molecular weight is 274 g/mol. The molecule has 0 aliphatic heterocycles. The molecule has 0 heterocycles. The number of aliphatic hydroxyl groups excluding tert-OH is 1. The first-order valence-corrected chi connectivity index (χ1v) is 6.78. The molecular formula is C11H15FN2O3S. The number of halogens is 1. The van der Waals surface area contributed by atoms with Crippen molar-refractivity contribution in [3.05, 3.63) is 34.1 Å². The molecule has 7 heteroatoms. The Kier molecular flexibility index (Phi) is 5.87. The Balaban J connectivity index is 2.79. The van der Waals surface area contributed by atoms with Crippen LogP contribution in [0.25, 0.3) is 0 Å². The van der Waals surface area contributed by atoms with Gasteiger partial charge in [-0.25, -0.2) is 4.39 Å². The summed E-state index contributed by atoms with van der Waals surface area (Å²) in [4.78, 5) is 9.83. The monoisotopic (exact) mass is 274 g/mol. The van der Waals surface area contributed by atoms with E-state index < -0.39 is 10.7 Å². The molecule has 0 aromatic heterocycles. The molecule has 0 radical (unpaired) electrons. The number of hydrogen-bond donors (Lipinski definition) is 2. The molecule has 5 nitrogen and oxygen atoms in total. The maximum Gasteiger partial charge on any atom is 0.272 e. The average Bonchev–Trinajstić information content (AvgIpc) is 2.32. The van der Waals surface area contributed by atoms with E-state index in [4.69, 9.17) is 5.11 Å². The molecular weight excluding hydrogens is 259 g/mol. The van der Waals surface area contributed by atoms with Crippen LogP contribution in [-0.2, 0) is 0 Å². The van der Waals surface area contributed by atoms with Gasteiger partial charge >= 0.3 is 0 Å². The van der Waals surface area contributed by atoms with Crippen molar-refractivity contribution in [2.24, 2.45) is 0 Å². The summed E-state index contributed by atoms with van der Waals surface area (Å²) >= 11 is 1.58. The second-order valence-corrected chi connectivity index (χ2v) is 4.64. The first-order valence-electron chi connectivity index (χ1n) is 5.38.